The fourth-order valence-corrected chi connectivity index (χ4v) is 6.53. The van der Waals surface area contributed by atoms with Crippen molar-refractivity contribution < 1.29 is 17.9 Å². The number of piperazine rings is 1. The third-order valence-electron chi connectivity index (χ3n) is 6.49. The van der Waals surface area contributed by atoms with Crippen molar-refractivity contribution in [3.05, 3.63) is 76.1 Å². The first-order valence-electron chi connectivity index (χ1n) is 11.9. The monoisotopic (exact) mass is 532 g/mol. The van der Waals surface area contributed by atoms with Crippen LogP contribution in [0.3, 0.4) is 0 Å². The molecule has 0 radical (unpaired) electrons. The molecule has 194 valence electrons. The number of rotatable bonds is 9. The second kappa shape index (κ2) is 11.3. The lowest BCUT2D eigenvalue weighted by atomic mass is 10.1. The Kier molecular flexibility index (Phi) is 8.37. The number of ether oxygens (including phenoxy) is 2. The van der Waals surface area contributed by atoms with Gasteiger partial charge in [-0.25, -0.2) is 8.42 Å². The molecule has 0 unspecified atom stereocenters. The summed E-state index contributed by atoms with van der Waals surface area (Å²) in [5.74, 6) is 0.774. The summed E-state index contributed by atoms with van der Waals surface area (Å²) >= 11 is 6.26. The second-order valence-electron chi connectivity index (χ2n) is 9.10. The zero-order valence-electron chi connectivity index (χ0n) is 21.1. The SMILES string of the molecule is COc1cccc([C@H](CN2CCN(S(=O)(=O)c3c(C)nn(C)c3Cl)CC2)OCc2ccc(C)cc2)c1. The Bertz CT molecular complexity index is 1290. The Balaban J connectivity index is 1.45. The zero-order valence-corrected chi connectivity index (χ0v) is 22.7. The van der Waals surface area contributed by atoms with E-state index in [4.69, 9.17) is 21.1 Å². The van der Waals surface area contributed by atoms with Crippen LogP contribution in [0.4, 0.5) is 0 Å². The summed E-state index contributed by atoms with van der Waals surface area (Å²) in [5.41, 5.74) is 3.74. The van der Waals surface area contributed by atoms with Crippen LogP contribution in [0, 0.1) is 13.8 Å². The van der Waals surface area contributed by atoms with Gasteiger partial charge in [0.15, 0.2) is 0 Å². The first kappa shape index (κ1) is 26.6. The molecule has 1 aliphatic heterocycles. The van der Waals surface area contributed by atoms with Crippen molar-refractivity contribution in [2.75, 3.05) is 39.8 Å². The number of aryl methyl sites for hydroxylation is 3. The van der Waals surface area contributed by atoms with Crippen LogP contribution in [0.1, 0.15) is 28.5 Å². The highest BCUT2D eigenvalue weighted by Gasteiger charge is 2.34. The van der Waals surface area contributed by atoms with E-state index in [0.29, 0.717) is 45.0 Å². The van der Waals surface area contributed by atoms with E-state index in [1.165, 1.54) is 14.6 Å². The van der Waals surface area contributed by atoms with E-state index >= 15 is 0 Å². The van der Waals surface area contributed by atoms with E-state index in [2.05, 4.69) is 41.2 Å². The minimum atomic E-state index is -3.72. The second-order valence-corrected chi connectivity index (χ2v) is 11.3. The van der Waals surface area contributed by atoms with Crippen molar-refractivity contribution in [3.63, 3.8) is 0 Å². The summed E-state index contributed by atoms with van der Waals surface area (Å²) in [6.07, 6.45) is -0.195. The smallest absolute Gasteiger partial charge is 0.248 e. The van der Waals surface area contributed by atoms with Gasteiger partial charge < -0.3 is 9.47 Å². The van der Waals surface area contributed by atoms with Gasteiger partial charge in [-0.3, -0.25) is 9.58 Å². The molecule has 1 aromatic heterocycles. The van der Waals surface area contributed by atoms with Crippen molar-refractivity contribution in [2.24, 2.45) is 7.05 Å². The van der Waals surface area contributed by atoms with Crippen molar-refractivity contribution in [1.29, 1.82) is 0 Å². The molecular formula is C26H33ClN4O4S. The standard InChI is InChI=1S/C26H33ClN4O4S/c1-19-8-10-21(11-9-19)18-35-24(22-6-5-7-23(16-22)34-4)17-30-12-14-31(15-13-30)36(32,33)25-20(2)28-29(3)26(25)27/h5-11,16,24H,12-15,17-18H2,1-4H3/t24-/m0/s1. The number of halogens is 1. The van der Waals surface area contributed by atoms with E-state index in [1.807, 2.05) is 24.3 Å². The van der Waals surface area contributed by atoms with Gasteiger partial charge in [-0.15, -0.1) is 0 Å². The fourth-order valence-electron chi connectivity index (χ4n) is 4.40. The lowest BCUT2D eigenvalue weighted by Crippen LogP contribution is -2.49. The maximum Gasteiger partial charge on any atom is 0.248 e. The van der Waals surface area contributed by atoms with Crippen LogP contribution in [-0.4, -0.2) is 67.2 Å². The maximum absolute atomic E-state index is 13.3. The molecule has 0 amide bonds. The molecule has 2 heterocycles. The van der Waals surface area contributed by atoms with E-state index in [-0.39, 0.29) is 16.2 Å². The first-order chi connectivity index (χ1) is 17.2. The quantitative estimate of drug-likeness (QED) is 0.415. The highest BCUT2D eigenvalue weighted by atomic mass is 35.5. The summed E-state index contributed by atoms with van der Waals surface area (Å²) < 4.78 is 41.3. The van der Waals surface area contributed by atoms with Crippen LogP contribution in [0.15, 0.2) is 53.4 Å². The normalized spacial score (nSPS) is 16.2. The van der Waals surface area contributed by atoms with Crippen molar-refractivity contribution >= 4 is 21.6 Å². The first-order valence-corrected chi connectivity index (χ1v) is 13.7. The molecule has 10 heteroatoms. The Labute approximate surface area is 218 Å². The molecule has 2 aromatic carbocycles. The van der Waals surface area contributed by atoms with E-state index in [0.717, 1.165) is 16.9 Å². The molecule has 1 saturated heterocycles. The number of sulfonamides is 1. The number of benzene rings is 2. The van der Waals surface area contributed by atoms with Crippen LogP contribution >= 0.6 is 11.6 Å². The fraction of sp³-hybridized carbons (Fsp3) is 0.423. The van der Waals surface area contributed by atoms with Crippen LogP contribution < -0.4 is 4.74 Å². The van der Waals surface area contributed by atoms with Gasteiger partial charge in [0.1, 0.15) is 15.8 Å². The van der Waals surface area contributed by atoms with Gasteiger partial charge in [0, 0.05) is 39.8 Å². The average Bonchev–Trinajstić information content (AvgIpc) is 3.14. The van der Waals surface area contributed by atoms with Gasteiger partial charge in [-0.05, 0) is 37.1 Å². The molecule has 1 fully saturated rings. The number of hydrogen-bond donors (Lipinski definition) is 0. The molecule has 4 rings (SSSR count). The average molecular weight is 533 g/mol. The van der Waals surface area contributed by atoms with Gasteiger partial charge in [-0.2, -0.15) is 9.40 Å². The van der Waals surface area contributed by atoms with Gasteiger partial charge in [0.2, 0.25) is 10.0 Å². The molecule has 3 aromatic rings. The molecule has 1 aliphatic rings. The number of hydrogen-bond acceptors (Lipinski definition) is 6. The molecule has 0 bridgehead atoms. The van der Waals surface area contributed by atoms with E-state index in [9.17, 15) is 8.42 Å². The number of nitrogens with zero attached hydrogens (tertiary/aromatic N) is 4. The predicted molar refractivity (Wildman–Crippen MR) is 140 cm³/mol. The predicted octanol–water partition coefficient (Wildman–Crippen LogP) is 3.96. The highest BCUT2D eigenvalue weighted by Crippen LogP contribution is 2.29. The van der Waals surface area contributed by atoms with E-state index < -0.39 is 10.0 Å². The van der Waals surface area contributed by atoms with Gasteiger partial charge in [0.05, 0.1) is 25.5 Å². The Morgan fingerprint density at radius 3 is 2.36 bits per heavy atom. The summed E-state index contributed by atoms with van der Waals surface area (Å²) in [7, 11) is -0.431. The lowest BCUT2D eigenvalue weighted by Gasteiger charge is -2.35. The highest BCUT2D eigenvalue weighted by molar-refractivity contribution is 7.89. The third kappa shape index (κ3) is 5.92. The molecule has 0 aliphatic carbocycles. The minimum Gasteiger partial charge on any atom is -0.497 e. The molecule has 0 saturated carbocycles. The number of aromatic nitrogens is 2. The Morgan fingerprint density at radius 1 is 1.06 bits per heavy atom. The Hall–Kier alpha value is -2.43. The summed E-state index contributed by atoms with van der Waals surface area (Å²) in [5, 5.41) is 4.30. The summed E-state index contributed by atoms with van der Waals surface area (Å²) in [6.45, 7) is 6.77. The third-order valence-corrected chi connectivity index (χ3v) is 9.09. The van der Waals surface area contributed by atoms with Crippen LogP contribution in [-0.2, 0) is 28.4 Å². The van der Waals surface area contributed by atoms with Crippen molar-refractivity contribution in [1.82, 2.24) is 19.0 Å². The number of methoxy groups -OCH3 is 1. The van der Waals surface area contributed by atoms with Crippen molar-refractivity contribution in [3.8, 4) is 5.75 Å². The van der Waals surface area contributed by atoms with Crippen LogP contribution in [0.25, 0.3) is 0 Å². The molecule has 36 heavy (non-hydrogen) atoms. The maximum atomic E-state index is 13.3. The van der Waals surface area contributed by atoms with Gasteiger partial charge in [0.25, 0.3) is 0 Å². The zero-order chi connectivity index (χ0) is 25.9. The van der Waals surface area contributed by atoms with Crippen LogP contribution in [0.2, 0.25) is 5.15 Å². The van der Waals surface area contributed by atoms with E-state index in [1.54, 1.807) is 21.1 Å². The largest absolute Gasteiger partial charge is 0.497 e. The Morgan fingerprint density at radius 2 is 1.75 bits per heavy atom. The molecule has 1 atom stereocenters. The molecule has 8 nitrogen and oxygen atoms in total. The molecule has 0 spiro atoms. The minimum absolute atomic E-state index is 0.0933. The summed E-state index contributed by atoms with van der Waals surface area (Å²) in [6, 6.07) is 16.2. The molecular weight excluding hydrogens is 500 g/mol. The lowest BCUT2D eigenvalue weighted by molar-refractivity contribution is 0.00762. The van der Waals surface area contributed by atoms with Gasteiger partial charge in [-0.1, -0.05) is 53.6 Å². The topological polar surface area (TPSA) is 76.9 Å². The summed E-state index contributed by atoms with van der Waals surface area (Å²) in [4.78, 5) is 2.33. The van der Waals surface area contributed by atoms with Crippen LogP contribution in [0.5, 0.6) is 5.75 Å². The van der Waals surface area contributed by atoms with Crippen molar-refractivity contribution in [2.45, 2.75) is 31.5 Å². The van der Waals surface area contributed by atoms with Gasteiger partial charge >= 0.3 is 0 Å². The molecule has 0 N–H and O–H groups in total.